The molecule has 0 saturated heterocycles. The molecule has 1 heterocycles. The Morgan fingerprint density at radius 1 is 0.833 bits per heavy atom. The zero-order chi connectivity index (χ0) is 16.9. The first-order chi connectivity index (χ1) is 11.5. The van der Waals surface area contributed by atoms with Gasteiger partial charge in [-0.1, -0.05) is 51.8 Å². The number of fused-ring (bicyclic) bond motifs is 3. The van der Waals surface area contributed by atoms with Crippen LogP contribution in [0.25, 0.3) is 21.8 Å². The lowest BCUT2D eigenvalue weighted by Gasteiger charge is -2.09. The number of hydrogen-bond donors (Lipinski definition) is 0. The van der Waals surface area contributed by atoms with Crippen LogP contribution in [0.1, 0.15) is 5.56 Å². The number of nitrogens with zero attached hydrogens (tertiary/aromatic N) is 1. The van der Waals surface area contributed by atoms with Crippen molar-refractivity contribution in [3.63, 3.8) is 0 Å². The molecule has 0 amide bonds. The van der Waals surface area contributed by atoms with E-state index in [4.69, 9.17) is 0 Å². The Morgan fingerprint density at radius 2 is 1.50 bits per heavy atom. The topological polar surface area (TPSA) is 39.1 Å². The first-order valence-corrected chi connectivity index (χ1v) is 9.73. The van der Waals surface area contributed by atoms with E-state index < -0.39 is 10.0 Å². The van der Waals surface area contributed by atoms with E-state index in [1.54, 1.807) is 12.1 Å². The van der Waals surface area contributed by atoms with E-state index in [0.717, 1.165) is 20.8 Å². The number of benzene rings is 3. The second-order valence-corrected chi connectivity index (χ2v) is 8.46. The Balaban J connectivity index is 2.13. The molecular formula is C19H14BrNO2S. The molecule has 4 aromatic rings. The molecule has 5 heteroatoms. The van der Waals surface area contributed by atoms with Crippen molar-refractivity contribution in [2.24, 2.45) is 0 Å². The van der Waals surface area contributed by atoms with Gasteiger partial charge in [0.1, 0.15) is 0 Å². The largest absolute Gasteiger partial charge is 0.268 e. The van der Waals surface area contributed by atoms with Gasteiger partial charge in [0.05, 0.1) is 15.9 Å². The van der Waals surface area contributed by atoms with Crippen LogP contribution in [0.2, 0.25) is 0 Å². The summed E-state index contributed by atoms with van der Waals surface area (Å²) in [5.41, 5.74) is 2.39. The average molecular weight is 400 g/mol. The van der Waals surface area contributed by atoms with Gasteiger partial charge in [0.25, 0.3) is 10.0 Å². The molecule has 1 aromatic heterocycles. The molecule has 0 saturated carbocycles. The molecule has 0 bridgehead atoms. The Labute approximate surface area is 148 Å². The van der Waals surface area contributed by atoms with Gasteiger partial charge in [0.15, 0.2) is 0 Å². The molecule has 0 aliphatic rings. The first kappa shape index (κ1) is 15.4. The molecule has 0 atom stereocenters. The van der Waals surface area contributed by atoms with Crippen LogP contribution in [0.4, 0.5) is 0 Å². The molecule has 0 fully saturated rings. The van der Waals surface area contributed by atoms with Crippen molar-refractivity contribution >= 4 is 47.8 Å². The molecule has 3 aromatic carbocycles. The van der Waals surface area contributed by atoms with Gasteiger partial charge in [-0.25, -0.2) is 12.4 Å². The number of hydrogen-bond acceptors (Lipinski definition) is 2. The quantitative estimate of drug-likeness (QED) is 0.470. The molecular weight excluding hydrogens is 386 g/mol. The zero-order valence-electron chi connectivity index (χ0n) is 12.9. The standard InChI is InChI=1S/C19H14BrNO2S/c1-13-6-9-15(10-7-13)24(22,23)21-18-5-3-2-4-16(18)17-12-14(20)8-11-19(17)21/h2-12H,1H3. The highest BCUT2D eigenvalue weighted by Gasteiger charge is 2.23. The lowest BCUT2D eigenvalue weighted by molar-refractivity contribution is 0.590. The van der Waals surface area contributed by atoms with E-state index >= 15 is 0 Å². The fourth-order valence-corrected chi connectivity index (χ4v) is 4.87. The van der Waals surface area contributed by atoms with Crippen molar-refractivity contribution in [3.8, 4) is 0 Å². The van der Waals surface area contributed by atoms with Crippen LogP contribution in [0.5, 0.6) is 0 Å². The maximum absolute atomic E-state index is 13.3. The number of halogens is 1. The summed E-state index contributed by atoms with van der Waals surface area (Å²) in [6.45, 7) is 1.94. The molecule has 0 unspecified atom stereocenters. The molecule has 0 aliphatic heterocycles. The van der Waals surface area contributed by atoms with Crippen LogP contribution in [-0.4, -0.2) is 12.4 Å². The predicted octanol–water partition coefficient (Wildman–Crippen LogP) is 5.10. The van der Waals surface area contributed by atoms with Crippen LogP contribution in [0.3, 0.4) is 0 Å². The maximum atomic E-state index is 13.3. The Bertz CT molecular complexity index is 1180. The van der Waals surface area contributed by atoms with Crippen LogP contribution in [-0.2, 0) is 10.0 Å². The second-order valence-electron chi connectivity index (χ2n) is 5.76. The Kier molecular flexibility index (Phi) is 3.51. The minimum Gasteiger partial charge on any atom is -0.233 e. The summed E-state index contributed by atoms with van der Waals surface area (Å²) < 4.78 is 28.9. The zero-order valence-corrected chi connectivity index (χ0v) is 15.3. The average Bonchev–Trinajstić information content (AvgIpc) is 2.90. The normalized spacial score (nSPS) is 12.1. The van der Waals surface area contributed by atoms with Gasteiger partial charge in [0, 0.05) is 15.2 Å². The van der Waals surface area contributed by atoms with Crippen LogP contribution in [0, 0.1) is 6.92 Å². The summed E-state index contributed by atoms with van der Waals surface area (Å²) in [4.78, 5) is 0.290. The van der Waals surface area contributed by atoms with Crippen molar-refractivity contribution in [2.45, 2.75) is 11.8 Å². The first-order valence-electron chi connectivity index (χ1n) is 7.49. The van der Waals surface area contributed by atoms with Crippen LogP contribution >= 0.6 is 15.9 Å². The SMILES string of the molecule is Cc1ccc(S(=O)(=O)n2c3ccccc3c3cc(Br)ccc32)cc1. The Hall–Kier alpha value is -2.11. The van der Waals surface area contributed by atoms with E-state index in [1.807, 2.05) is 61.5 Å². The van der Waals surface area contributed by atoms with E-state index in [-0.39, 0.29) is 0 Å². The minimum atomic E-state index is -3.68. The molecule has 0 spiro atoms. The molecule has 0 radical (unpaired) electrons. The molecule has 4 rings (SSSR count). The highest BCUT2D eigenvalue weighted by Crippen LogP contribution is 2.33. The van der Waals surface area contributed by atoms with E-state index in [9.17, 15) is 8.42 Å². The number of aryl methyl sites for hydroxylation is 1. The molecule has 0 aliphatic carbocycles. The predicted molar refractivity (Wildman–Crippen MR) is 101 cm³/mol. The van der Waals surface area contributed by atoms with Gasteiger partial charge in [-0.2, -0.15) is 0 Å². The smallest absolute Gasteiger partial charge is 0.233 e. The van der Waals surface area contributed by atoms with Crippen molar-refractivity contribution in [1.82, 2.24) is 3.97 Å². The fourth-order valence-electron chi connectivity index (χ4n) is 2.98. The van der Waals surface area contributed by atoms with E-state index in [2.05, 4.69) is 15.9 Å². The molecule has 3 nitrogen and oxygen atoms in total. The van der Waals surface area contributed by atoms with Crippen molar-refractivity contribution < 1.29 is 8.42 Å². The van der Waals surface area contributed by atoms with Gasteiger partial charge < -0.3 is 0 Å². The lowest BCUT2D eigenvalue weighted by Crippen LogP contribution is -2.12. The molecule has 0 N–H and O–H groups in total. The monoisotopic (exact) mass is 399 g/mol. The van der Waals surface area contributed by atoms with Gasteiger partial charge in [-0.05, 0) is 43.3 Å². The molecule has 24 heavy (non-hydrogen) atoms. The van der Waals surface area contributed by atoms with Crippen molar-refractivity contribution in [3.05, 3.63) is 76.8 Å². The third kappa shape index (κ3) is 2.27. The van der Waals surface area contributed by atoms with Gasteiger partial charge in [-0.3, -0.25) is 0 Å². The lowest BCUT2D eigenvalue weighted by atomic mass is 10.2. The highest BCUT2D eigenvalue weighted by molar-refractivity contribution is 9.10. The number of para-hydroxylation sites is 1. The summed E-state index contributed by atoms with van der Waals surface area (Å²) in [7, 11) is -3.68. The molecule has 120 valence electrons. The van der Waals surface area contributed by atoms with Crippen molar-refractivity contribution in [2.75, 3.05) is 0 Å². The highest BCUT2D eigenvalue weighted by atomic mass is 79.9. The van der Waals surface area contributed by atoms with E-state index in [0.29, 0.717) is 15.9 Å². The van der Waals surface area contributed by atoms with Crippen LogP contribution in [0.15, 0.2) is 76.1 Å². The van der Waals surface area contributed by atoms with Gasteiger partial charge >= 0.3 is 0 Å². The maximum Gasteiger partial charge on any atom is 0.268 e. The fraction of sp³-hybridized carbons (Fsp3) is 0.0526. The summed E-state index contributed by atoms with van der Waals surface area (Å²) in [6, 6.07) is 20.2. The second kappa shape index (κ2) is 5.46. The van der Waals surface area contributed by atoms with Crippen molar-refractivity contribution in [1.29, 1.82) is 0 Å². The Morgan fingerprint density at radius 3 is 2.25 bits per heavy atom. The van der Waals surface area contributed by atoms with Gasteiger partial charge in [-0.15, -0.1) is 0 Å². The van der Waals surface area contributed by atoms with Gasteiger partial charge in [0.2, 0.25) is 0 Å². The third-order valence-corrected chi connectivity index (χ3v) is 6.38. The van der Waals surface area contributed by atoms with Crippen LogP contribution < -0.4 is 0 Å². The summed E-state index contributed by atoms with van der Waals surface area (Å²) in [5.74, 6) is 0. The third-order valence-electron chi connectivity index (χ3n) is 4.15. The van der Waals surface area contributed by atoms with E-state index in [1.165, 1.54) is 3.97 Å². The number of aromatic nitrogens is 1. The number of rotatable bonds is 2. The minimum absolute atomic E-state index is 0.290. The summed E-state index contributed by atoms with van der Waals surface area (Å²) >= 11 is 3.47. The summed E-state index contributed by atoms with van der Waals surface area (Å²) in [5, 5.41) is 1.83. The summed E-state index contributed by atoms with van der Waals surface area (Å²) in [6.07, 6.45) is 0.